The topological polar surface area (TPSA) is 27.1 Å². The van der Waals surface area contributed by atoms with E-state index in [1.165, 1.54) is 5.39 Å². The molecule has 3 heterocycles. The molecule has 0 amide bonds. The van der Waals surface area contributed by atoms with Crippen LogP contribution in [0, 0.1) is 5.92 Å². The highest BCUT2D eigenvalue weighted by molar-refractivity contribution is 9.10. The third kappa shape index (κ3) is 2.38. The van der Waals surface area contributed by atoms with E-state index < -0.39 is 0 Å². The third-order valence-corrected chi connectivity index (χ3v) is 3.81. The summed E-state index contributed by atoms with van der Waals surface area (Å²) < 4.78 is 8.55. The van der Waals surface area contributed by atoms with Crippen molar-refractivity contribution in [3.8, 4) is 0 Å². The van der Waals surface area contributed by atoms with Gasteiger partial charge in [0.05, 0.1) is 0 Å². The summed E-state index contributed by atoms with van der Waals surface area (Å²) in [6.07, 6.45) is 4.46. The van der Waals surface area contributed by atoms with Gasteiger partial charge in [0, 0.05) is 31.3 Å². The fraction of sp³-hybridized carbons (Fsp3) is 0.462. The van der Waals surface area contributed by atoms with Gasteiger partial charge in [-0.15, -0.1) is 0 Å². The van der Waals surface area contributed by atoms with E-state index in [2.05, 4.69) is 43.8 Å². The summed E-state index contributed by atoms with van der Waals surface area (Å²) in [6, 6.07) is 6.22. The standard InChI is InChI=1S/C13H15BrN2O/c14-12-2-1-11-3-6-16(13(11)15-12)9-10-4-7-17-8-5-10/h1-3,6,10H,4-5,7-9H2. The lowest BCUT2D eigenvalue weighted by atomic mass is 10.0. The number of hydrogen-bond donors (Lipinski definition) is 0. The van der Waals surface area contributed by atoms with Crippen molar-refractivity contribution in [2.75, 3.05) is 13.2 Å². The number of halogens is 1. The predicted molar refractivity (Wildman–Crippen MR) is 71.0 cm³/mol. The summed E-state index contributed by atoms with van der Waals surface area (Å²) in [5.74, 6) is 0.722. The van der Waals surface area contributed by atoms with Crippen LogP contribution < -0.4 is 0 Å². The molecule has 90 valence electrons. The van der Waals surface area contributed by atoms with Crippen LogP contribution in [0.25, 0.3) is 11.0 Å². The highest BCUT2D eigenvalue weighted by Crippen LogP contribution is 2.22. The number of rotatable bonds is 2. The number of hydrogen-bond acceptors (Lipinski definition) is 2. The molecule has 0 aromatic carbocycles. The van der Waals surface area contributed by atoms with Crippen LogP contribution in [0.1, 0.15) is 12.8 Å². The van der Waals surface area contributed by atoms with Gasteiger partial charge in [-0.25, -0.2) is 4.98 Å². The first-order valence-electron chi connectivity index (χ1n) is 6.02. The van der Waals surface area contributed by atoms with Gasteiger partial charge in [0.25, 0.3) is 0 Å². The monoisotopic (exact) mass is 294 g/mol. The Morgan fingerprint density at radius 2 is 2.12 bits per heavy atom. The van der Waals surface area contributed by atoms with Crippen molar-refractivity contribution in [1.29, 1.82) is 0 Å². The zero-order valence-corrected chi connectivity index (χ0v) is 11.2. The average molecular weight is 295 g/mol. The Hall–Kier alpha value is -0.870. The van der Waals surface area contributed by atoms with E-state index >= 15 is 0 Å². The summed E-state index contributed by atoms with van der Waals surface area (Å²) in [5, 5.41) is 1.21. The second kappa shape index (κ2) is 4.78. The Bertz CT molecular complexity index is 517. The Labute approximate surface area is 109 Å². The van der Waals surface area contributed by atoms with Gasteiger partial charge >= 0.3 is 0 Å². The lowest BCUT2D eigenvalue weighted by molar-refractivity contribution is 0.0616. The van der Waals surface area contributed by atoms with Crippen LogP contribution in [-0.4, -0.2) is 22.8 Å². The molecule has 0 N–H and O–H groups in total. The largest absolute Gasteiger partial charge is 0.381 e. The lowest BCUT2D eigenvalue weighted by Gasteiger charge is -2.22. The Balaban J connectivity index is 1.86. The molecule has 2 aromatic heterocycles. The molecule has 17 heavy (non-hydrogen) atoms. The van der Waals surface area contributed by atoms with Crippen molar-refractivity contribution in [3.05, 3.63) is 29.0 Å². The van der Waals surface area contributed by atoms with Crippen LogP contribution >= 0.6 is 15.9 Å². The zero-order chi connectivity index (χ0) is 11.7. The predicted octanol–water partition coefficient (Wildman–Crippen LogP) is 3.23. The molecule has 0 atom stereocenters. The molecule has 1 aliphatic heterocycles. The summed E-state index contributed by atoms with van der Waals surface area (Å²) in [6.45, 7) is 2.86. The fourth-order valence-electron chi connectivity index (χ4n) is 2.39. The smallest absolute Gasteiger partial charge is 0.141 e. The molecule has 0 radical (unpaired) electrons. The molecule has 4 heteroatoms. The Morgan fingerprint density at radius 3 is 2.94 bits per heavy atom. The van der Waals surface area contributed by atoms with Crippen molar-refractivity contribution in [3.63, 3.8) is 0 Å². The molecule has 1 fully saturated rings. The number of aromatic nitrogens is 2. The number of nitrogens with zero attached hydrogens (tertiary/aromatic N) is 2. The van der Waals surface area contributed by atoms with Crippen molar-refractivity contribution < 1.29 is 4.74 Å². The van der Waals surface area contributed by atoms with Gasteiger partial charge in [-0.05, 0) is 52.9 Å². The Kier molecular flexibility index (Phi) is 3.16. The average Bonchev–Trinajstić information content (AvgIpc) is 2.73. The van der Waals surface area contributed by atoms with Crippen molar-refractivity contribution in [2.45, 2.75) is 19.4 Å². The molecular formula is C13H15BrN2O. The van der Waals surface area contributed by atoms with Gasteiger partial charge in [0.15, 0.2) is 0 Å². The summed E-state index contributed by atoms with van der Waals surface area (Å²) in [5.41, 5.74) is 1.07. The first kappa shape index (κ1) is 11.2. The van der Waals surface area contributed by atoms with E-state index in [-0.39, 0.29) is 0 Å². The summed E-state index contributed by atoms with van der Waals surface area (Å²) >= 11 is 3.43. The molecule has 0 spiro atoms. The molecule has 0 aliphatic carbocycles. The van der Waals surface area contributed by atoms with E-state index in [0.717, 1.165) is 48.8 Å². The fourth-order valence-corrected chi connectivity index (χ4v) is 2.69. The van der Waals surface area contributed by atoms with E-state index in [1.54, 1.807) is 0 Å². The Morgan fingerprint density at radius 1 is 1.29 bits per heavy atom. The SMILES string of the molecule is Brc1ccc2ccn(CC3CCOCC3)c2n1. The lowest BCUT2D eigenvalue weighted by Crippen LogP contribution is -2.20. The van der Waals surface area contributed by atoms with Crippen molar-refractivity contribution in [1.82, 2.24) is 9.55 Å². The maximum atomic E-state index is 5.39. The van der Waals surface area contributed by atoms with Gasteiger partial charge in [-0.3, -0.25) is 0 Å². The third-order valence-electron chi connectivity index (χ3n) is 3.37. The van der Waals surface area contributed by atoms with Gasteiger partial charge in [0.1, 0.15) is 10.3 Å². The quantitative estimate of drug-likeness (QED) is 0.795. The molecule has 0 bridgehead atoms. The van der Waals surface area contributed by atoms with Crippen molar-refractivity contribution >= 4 is 27.0 Å². The normalized spacial score (nSPS) is 17.7. The highest BCUT2D eigenvalue weighted by atomic mass is 79.9. The van der Waals surface area contributed by atoms with Gasteiger partial charge in [-0.1, -0.05) is 0 Å². The first-order valence-corrected chi connectivity index (χ1v) is 6.81. The van der Waals surface area contributed by atoms with Gasteiger partial charge in [0.2, 0.25) is 0 Å². The minimum absolute atomic E-state index is 0.722. The molecule has 1 saturated heterocycles. The van der Waals surface area contributed by atoms with E-state index in [0.29, 0.717) is 0 Å². The van der Waals surface area contributed by atoms with E-state index in [9.17, 15) is 0 Å². The number of pyridine rings is 1. The van der Waals surface area contributed by atoms with Gasteiger partial charge < -0.3 is 9.30 Å². The van der Waals surface area contributed by atoms with Crippen LogP contribution in [0.15, 0.2) is 29.0 Å². The zero-order valence-electron chi connectivity index (χ0n) is 9.60. The molecule has 2 aromatic rings. The summed E-state index contributed by atoms with van der Waals surface area (Å²) in [7, 11) is 0. The van der Waals surface area contributed by atoms with Crippen LogP contribution in [-0.2, 0) is 11.3 Å². The maximum Gasteiger partial charge on any atom is 0.141 e. The minimum Gasteiger partial charge on any atom is -0.381 e. The molecule has 1 aliphatic rings. The molecule has 3 rings (SSSR count). The first-order chi connectivity index (χ1) is 8.33. The van der Waals surface area contributed by atoms with Crippen LogP contribution in [0.5, 0.6) is 0 Å². The highest BCUT2D eigenvalue weighted by Gasteiger charge is 2.15. The van der Waals surface area contributed by atoms with E-state index in [4.69, 9.17) is 4.74 Å². The molecule has 3 nitrogen and oxygen atoms in total. The van der Waals surface area contributed by atoms with Crippen LogP contribution in [0.3, 0.4) is 0 Å². The minimum atomic E-state index is 0.722. The number of fused-ring (bicyclic) bond motifs is 1. The van der Waals surface area contributed by atoms with Crippen LogP contribution in [0.4, 0.5) is 0 Å². The second-order valence-electron chi connectivity index (χ2n) is 4.57. The molecular weight excluding hydrogens is 280 g/mol. The molecule has 0 saturated carbocycles. The van der Waals surface area contributed by atoms with E-state index in [1.807, 2.05) is 6.07 Å². The maximum absolute atomic E-state index is 5.39. The number of ether oxygens (including phenoxy) is 1. The molecule has 0 unspecified atom stereocenters. The van der Waals surface area contributed by atoms with Crippen LogP contribution in [0.2, 0.25) is 0 Å². The summed E-state index contributed by atoms with van der Waals surface area (Å²) in [4.78, 5) is 4.55. The second-order valence-corrected chi connectivity index (χ2v) is 5.38. The van der Waals surface area contributed by atoms with Gasteiger partial charge in [-0.2, -0.15) is 0 Å². The van der Waals surface area contributed by atoms with Crippen molar-refractivity contribution in [2.24, 2.45) is 5.92 Å².